The first-order chi connectivity index (χ1) is 9.15. The van der Waals surface area contributed by atoms with Crippen LogP contribution < -0.4 is 0 Å². The van der Waals surface area contributed by atoms with E-state index in [9.17, 15) is 4.39 Å². The fourth-order valence-corrected chi connectivity index (χ4v) is 3.28. The molecule has 0 saturated heterocycles. The Morgan fingerprint density at radius 3 is 2.47 bits per heavy atom. The van der Waals surface area contributed by atoms with Gasteiger partial charge >= 0.3 is 0 Å². The SMILES string of the molecule is Fc1ccc(C(Cl)c2ccc3c(c2)CCC3)cc1Br. The van der Waals surface area contributed by atoms with Crippen molar-refractivity contribution in [3.8, 4) is 0 Å². The lowest BCUT2D eigenvalue weighted by atomic mass is 10.00. The van der Waals surface area contributed by atoms with Crippen LogP contribution in [0.4, 0.5) is 4.39 Å². The molecule has 1 unspecified atom stereocenters. The van der Waals surface area contributed by atoms with Gasteiger partial charge in [0.15, 0.2) is 0 Å². The molecular formula is C16H13BrClF. The number of rotatable bonds is 2. The highest BCUT2D eigenvalue weighted by Gasteiger charge is 2.16. The normalized spacial score (nSPS) is 15.3. The van der Waals surface area contributed by atoms with Gasteiger partial charge < -0.3 is 0 Å². The molecule has 0 radical (unpaired) electrons. The fraction of sp³-hybridized carbons (Fsp3) is 0.250. The second kappa shape index (κ2) is 5.26. The highest BCUT2D eigenvalue weighted by atomic mass is 79.9. The molecule has 19 heavy (non-hydrogen) atoms. The van der Waals surface area contributed by atoms with Crippen molar-refractivity contribution in [1.82, 2.24) is 0 Å². The van der Waals surface area contributed by atoms with Gasteiger partial charge in [0, 0.05) is 0 Å². The number of fused-ring (bicyclic) bond motifs is 1. The molecule has 0 nitrogen and oxygen atoms in total. The second-order valence-electron chi connectivity index (χ2n) is 4.92. The highest BCUT2D eigenvalue weighted by molar-refractivity contribution is 9.10. The first-order valence-electron chi connectivity index (χ1n) is 6.36. The van der Waals surface area contributed by atoms with Crippen LogP contribution in [-0.2, 0) is 12.8 Å². The molecule has 0 saturated carbocycles. The van der Waals surface area contributed by atoms with Crippen LogP contribution in [0.5, 0.6) is 0 Å². The fourth-order valence-electron chi connectivity index (χ4n) is 2.61. The molecule has 2 aromatic rings. The molecule has 1 atom stereocenters. The predicted octanol–water partition coefficient (Wildman–Crippen LogP) is 5.41. The maximum absolute atomic E-state index is 13.3. The Balaban J connectivity index is 1.94. The zero-order valence-corrected chi connectivity index (χ0v) is 12.6. The molecule has 0 spiro atoms. The van der Waals surface area contributed by atoms with Crippen LogP contribution in [0, 0.1) is 5.82 Å². The average molecular weight is 340 g/mol. The third-order valence-corrected chi connectivity index (χ3v) is 4.76. The number of hydrogen-bond donors (Lipinski definition) is 0. The second-order valence-corrected chi connectivity index (χ2v) is 6.21. The van der Waals surface area contributed by atoms with Gasteiger partial charge in [0.2, 0.25) is 0 Å². The Morgan fingerprint density at radius 2 is 1.68 bits per heavy atom. The Kier molecular flexibility index (Phi) is 3.64. The smallest absolute Gasteiger partial charge is 0.137 e. The monoisotopic (exact) mass is 338 g/mol. The summed E-state index contributed by atoms with van der Waals surface area (Å²) < 4.78 is 13.7. The van der Waals surface area contributed by atoms with E-state index in [2.05, 4.69) is 34.1 Å². The van der Waals surface area contributed by atoms with Crippen molar-refractivity contribution in [3.05, 3.63) is 68.9 Å². The van der Waals surface area contributed by atoms with Gasteiger partial charge in [-0.1, -0.05) is 24.3 Å². The summed E-state index contributed by atoms with van der Waals surface area (Å²) >= 11 is 9.72. The molecule has 2 aromatic carbocycles. The van der Waals surface area contributed by atoms with Crippen molar-refractivity contribution >= 4 is 27.5 Å². The van der Waals surface area contributed by atoms with E-state index >= 15 is 0 Å². The Labute approximate surface area is 125 Å². The van der Waals surface area contributed by atoms with Gasteiger partial charge in [-0.3, -0.25) is 0 Å². The summed E-state index contributed by atoms with van der Waals surface area (Å²) in [5.74, 6) is -0.262. The molecule has 0 heterocycles. The molecular weight excluding hydrogens is 327 g/mol. The van der Waals surface area contributed by atoms with E-state index in [4.69, 9.17) is 11.6 Å². The van der Waals surface area contributed by atoms with Crippen LogP contribution in [0.1, 0.15) is 34.1 Å². The summed E-state index contributed by atoms with van der Waals surface area (Å²) in [5, 5.41) is -0.234. The van der Waals surface area contributed by atoms with Gasteiger partial charge in [0.1, 0.15) is 5.82 Å². The van der Waals surface area contributed by atoms with Crippen LogP contribution >= 0.6 is 27.5 Å². The van der Waals surface area contributed by atoms with E-state index in [0.29, 0.717) is 4.47 Å². The van der Waals surface area contributed by atoms with E-state index < -0.39 is 0 Å². The summed E-state index contributed by atoms with van der Waals surface area (Å²) in [7, 11) is 0. The van der Waals surface area contributed by atoms with Crippen LogP contribution in [0.15, 0.2) is 40.9 Å². The van der Waals surface area contributed by atoms with Crippen LogP contribution in [0.25, 0.3) is 0 Å². The third kappa shape index (κ3) is 2.56. The largest absolute Gasteiger partial charge is 0.206 e. The lowest BCUT2D eigenvalue weighted by Crippen LogP contribution is -1.96. The summed E-state index contributed by atoms with van der Waals surface area (Å²) in [4.78, 5) is 0. The van der Waals surface area contributed by atoms with Gasteiger partial charge in [-0.2, -0.15) is 0 Å². The van der Waals surface area contributed by atoms with Crippen molar-refractivity contribution in [2.75, 3.05) is 0 Å². The molecule has 1 aliphatic rings. The minimum absolute atomic E-state index is 0.234. The van der Waals surface area contributed by atoms with Crippen LogP contribution in [0.2, 0.25) is 0 Å². The van der Waals surface area contributed by atoms with Crippen LogP contribution in [-0.4, -0.2) is 0 Å². The molecule has 0 aliphatic heterocycles. The first kappa shape index (κ1) is 13.1. The standard InChI is InChI=1S/C16H13BrClF/c17-14-9-13(6-7-15(14)19)16(18)12-5-4-10-2-1-3-11(10)8-12/h4-9,16H,1-3H2. The lowest BCUT2D eigenvalue weighted by molar-refractivity contribution is 0.620. The van der Waals surface area contributed by atoms with Gasteiger partial charge in [-0.05, 0) is 69.6 Å². The van der Waals surface area contributed by atoms with Crippen molar-refractivity contribution in [1.29, 1.82) is 0 Å². The molecule has 98 valence electrons. The zero-order chi connectivity index (χ0) is 13.4. The van der Waals surface area contributed by atoms with Crippen molar-refractivity contribution in [3.63, 3.8) is 0 Å². The highest BCUT2D eigenvalue weighted by Crippen LogP contribution is 2.33. The molecule has 0 amide bonds. The van der Waals surface area contributed by atoms with Gasteiger partial charge in [-0.25, -0.2) is 4.39 Å². The third-order valence-electron chi connectivity index (χ3n) is 3.65. The Bertz CT molecular complexity index is 624. The average Bonchev–Trinajstić information content (AvgIpc) is 2.88. The van der Waals surface area contributed by atoms with Gasteiger partial charge in [0.25, 0.3) is 0 Å². The topological polar surface area (TPSA) is 0 Å². The predicted molar refractivity (Wildman–Crippen MR) is 80.3 cm³/mol. The number of aryl methyl sites for hydroxylation is 2. The summed E-state index contributed by atoms with van der Waals surface area (Å²) in [6.45, 7) is 0. The Morgan fingerprint density at radius 1 is 1.00 bits per heavy atom. The molecule has 0 N–H and O–H groups in total. The Hall–Kier alpha value is -0.860. The molecule has 0 fully saturated rings. The number of benzene rings is 2. The van der Waals surface area contributed by atoms with Crippen molar-refractivity contribution in [2.45, 2.75) is 24.6 Å². The lowest BCUT2D eigenvalue weighted by Gasteiger charge is -2.12. The van der Waals surface area contributed by atoms with Gasteiger partial charge in [0.05, 0.1) is 9.85 Å². The summed E-state index contributed by atoms with van der Waals surface area (Å²) in [6.07, 6.45) is 3.54. The molecule has 0 aromatic heterocycles. The minimum atomic E-state index is -0.262. The van der Waals surface area contributed by atoms with E-state index in [-0.39, 0.29) is 11.2 Å². The quantitative estimate of drug-likeness (QED) is 0.642. The molecule has 1 aliphatic carbocycles. The maximum Gasteiger partial charge on any atom is 0.137 e. The number of alkyl halides is 1. The minimum Gasteiger partial charge on any atom is -0.206 e. The zero-order valence-electron chi connectivity index (χ0n) is 10.3. The van der Waals surface area contributed by atoms with Crippen molar-refractivity contribution in [2.24, 2.45) is 0 Å². The van der Waals surface area contributed by atoms with Gasteiger partial charge in [-0.15, -0.1) is 11.6 Å². The van der Waals surface area contributed by atoms with Crippen molar-refractivity contribution < 1.29 is 4.39 Å². The van der Waals surface area contributed by atoms with Crippen LogP contribution in [0.3, 0.4) is 0 Å². The van der Waals surface area contributed by atoms with E-state index in [1.54, 1.807) is 12.1 Å². The van der Waals surface area contributed by atoms with E-state index in [0.717, 1.165) is 17.5 Å². The van der Waals surface area contributed by atoms with E-state index in [1.807, 2.05) is 0 Å². The maximum atomic E-state index is 13.3. The number of halogens is 3. The van der Waals surface area contributed by atoms with E-state index in [1.165, 1.54) is 30.0 Å². The first-order valence-corrected chi connectivity index (χ1v) is 7.59. The number of hydrogen-bond acceptors (Lipinski definition) is 0. The summed E-state index contributed by atoms with van der Waals surface area (Å²) in [6, 6.07) is 11.4. The summed E-state index contributed by atoms with van der Waals surface area (Å²) in [5.41, 5.74) is 4.84. The molecule has 3 rings (SSSR count). The molecule has 3 heteroatoms. The molecule has 0 bridgehead atoms.